The van der Waals surface area contributed by atoms with Crippen molar-refractivity contribution in [2.24, 2.45) is 4.99 Å². The fourth-order valence-electron chi connectivity index (χ4n) is 3.14. The lowest BCUT2D eigenvalue weighted by molar-refractivity contribution is 0.0697. The molecule has 1 aliphatic heterocycles. The molecule has 1 aromatic heterocycles. The van der Waals surface area contributed by atoms with Gasteiger partial charge in [0, 0.05) is 34.5 Å². The summed E-state index contributed by atoms with van der Waals surface area (Å²) in [7, 11) is 0. The van der Waals surface area contributed by atoms with Gasteiger partial charge in [0.2, 0.25) is 0 Å². The number of hydrogen-bond donors (Lipinski definition) is 1. The molecule has 0 amide bonds. The molecule has 0 radical (unpaired) electrons. The van der Waals surface area contributed by atoms with E-state index in [4.69, 9.17) is 11.6 Å². The van der Waals surface area contributed by atoms with E-state index in [0.29, 0.717) is 21.0 Å². The maximum atomic E-state index is 12.7. The molecule has 0 spiro atoms. The summed E-state index contributed by atoms with van der Waals surface area (Å²) in [5, 5.41) is 12.1. The van der Waals surface area contributed by atoms with Gasteiger partial charge in [0.1, 0.15) is 0 Å². The summed E-state index contributed by atoms with van der Waals surface area (Å²) in [5.74, 6) is -1.14. The topological polar surface area (TPSA) is 66.7 Å². The van der Waals surface area contributed by atoms with Gasteiger partial charge in [0.25, 0.3) is 0 Å². The zero-order chi connectivity index (χ0) is 19.0. The molecule has 0 bridgehead atoms. The monoisotopic (exact) mass is 395 g/mol. The first-order valence-corrected chi connectivity index (χ1v) is 9.57. The van der Waals surface area contributed by atoms with Crippen LogP contribution in [0.5, 0.6) is 0 Å². The second kappa shape index (κ2) is 7.10. The van der Waals surface area contributed by atoms with Crippen LogP contribution in [0.25, 0.3) is 10.4 Å². The summed E-state index contributed by atoms with van der Waals surface area (Å²) < 4.78 is 0. The largest absolute Gasteiger partial charge is 0.478 e. The van der Waals surface area contributed by atoms with Crippen LogP contribution in [0.15, 0.2) is 52.8 Å². The number of Topliss-reactive ketones (excluding diaryl/α,β-unsaturated/α-hetero) is 1. The highest BCUT2D eigenvalue weighted by molar-refractivity contribution is 7.14. The first kappa shape index (κ1) is 17.6. The van der Waals surface area contributed by atoms with E-state index >= 15 is 0 Å². The zero-order valence-corrected chi connectivity index (χ0v) is 15.7. The molecule has 0 atom stereocenters. The van der Waals surface area contributed by atoms with Crippen molar-refractivity contribution >= 4 is 46.6 Å². The van der Waals surface area contributed by atoms with Gasteiger partial charge in [-0.2, -0.15) is 0 Å². The number of thiophene rings is 1. The smallest absolute Gasteiger partial charge is 0.337 e. The number of aromatic carboxylic acids is 1. The summed E-state index contributed by atoms with van der Waals surface area (Å²) >= 11 is 7.24. The van der Waals surface area contributed by atoms with Gasteiger partial charge in [-0.3, -0.25) is 9.79 Å². The van der Waals surface area contributed by atoms with Gasteiger partial charge in [0.15, 0.2) is 5.78 Å². The van der Waals surface area contributed by atoms with Crippen molar-refractivity contribution < 1.29 is 14.7 Å². The van der Waals surface area contributed by atoms with Gasteiger partial charge < -0.3 is 5.11 Å². The number of benzene rings is 2. The van der Waals surface area contributed by atoms with Crippen LogP contribution in [-0.2, 0) is 12.8 Å². The van der Waals surface area contributed by atoms with E-state index in [-0.39, 0.29) is 17.8 Å². The fourth-order valence-corrected chi connectivity index (χ4v) is 4.33. The number of carbonyl (C=O) groups excluding carboxylic acids is 1. The molecule has 0 saturated heterocycles. The Balaban J connectivity index is 1.65. The molecule has 1 N–H and O–H groups in total. The number of nitrogens with zero attached hydrogens (tertiary/aromatic N) is 1. The molecule has 0 unspecified atom stereocenters. The van der Waals surface area contributed by atoms with Crippen molar-refractivity contribution in [1.82, 2.24) is 0 Å². The number of carboxylic acid groups (broad SMARTS) is 1. The highest BCUT2D eigenvalue weighted by Crippen LogP contribution is 2.34. The number of ketones is 1. The van der Waals surface area contributed by atoms with Crippen LogP contribution in [0.1, 0.15) is 31.8 Å². The number of rotatable bonds is 5. The standard InChI is InChI=1S/C21H14ClNO3S/c22-16-4-1-12(2-5-16)20-19(21(25)26)15(11-27-20)10-18(24)14-3-6-17-13(9-14)7-8-23-17/h1-6,8-9,11H,7,10H2,(H,25,26). The molecule has 134 valence electrons. The number of halogens is 1. The number of aliphatic imine (C=N–C) groups is 1. The number of carbonyl (C=O) groups is 2. The third-order valence-corrected chi connectivity index (χ3v) is 5.81. The minimum Gasteiger partial charge on any atom is -0.478 e. The minimum atomic E-state index is -1.04. The van der Waals surface area contributed by atoms with Gasteiger partial charge in [-0.1, -0.05) is 23.7 Å². The summed E-state index contributed by atoms with van der Waals surface area (Å²) in [6.45, 7) is 0. The first-order valence-electron chi connectivity index (χ1n) is 8.31. The van der Waals surface area contributed by atoms with Crippen molar-refractivity contribution in [2.75, 3.05) is 0 Å². The summed E-state index contributed by atoms with van der Waals surface area (Å²) in [5.41, 5.74) is 3.97. The van der Waals surface area contributed by atoms with Crippen molar-refractivity contribution in [3.05, 3.63) is 75.1 Å². The molecule has 6 heteroatoms. The third kappa shape index (κ3) is 3.44. The predicted molar refractivity (Wildman–Crippen MR) is 108 cm³/mol. The van der Waals surface area contributed by atoms with Gasteiger partial charge >= 0.3 is 5.97 Å². The Hall–Kier alpha value is -2.76. The maximum Gasteiger partial charge on any atom is 0.337 e. The molecule has 3 aromatic rings. The van der Waals surface area contributed by atoms with Crippen LogP contribution in [0.3, 0.4) is 0 Å². The van der Waals surface area contributed by atoms with Gasteiger partial charge in [-0.25, -0.2) is 4.79 Å². The molecule has 2 aromatic carbocycles. The quantitative estimate of drug-likeness (QED) is 0.584. The second-order valence-corrected chi connectivity index (χ2v) is 7.55. The van der Waals surface area contributed by atoms with E-state index in [1.807, 2.05) is 18.3 Å². The molecule has 2 heterocycles. The van der Waals surface area contributed by atoms with Crippen molar-refractivity contribution in [2.45, 2.75) is 12.8 Å². The molecule has 0 aliphatic carbocycles. The van der Waals surface area contributed by atoms with E-state index in [0.717, 1.165) is 23.2 Å². The van der Waals surface area contributed by atoms with E-state index < -0.39 is 5.97 Å². The van der Waals surface area contributed by atoms with Crippen LogP contribution < -0.4 is 0 Å². The van der Waals surface area contributed by atoms with E-state index in [1.54, 1.807) is 35.7 Å². The molecule has 4 rings (SSSR count). The van der Waals surface area contributed by atoms with Crippen molar-refractivity contribution in [3.63, 3.8) is 0 Å². The zero-order valence-electron chi connectivity index (χ0n) is 14.1. The van der Waals surface area contributed by atoms with E-state index in [9.17, 15) is 14.7 Å². The van der Waals surface area contributed by atoms with Crippen LogP contribution in [0.4, 0.5) is 5.69 Å². The molecule has 4 nitrogen and oxygen atoms in total. The molecule has 0 fully saturated rings. The normalized spacial score (nSPS) is 12.2. The Morgan fingerprint density at radius 2 is 1.93 bits per heavy atom. The van der Waals surface area contributed by atoms with Crippen LogP contribution >= 0.6 is 22.9 Å². The minimum absolute atomic E-state index is 0.0470. The Morgan fingerprint density at radius 3 is 2.67 bits per heavy atom. The predicted octanol–water partition coefficient (Wildman–Crippen LogP) is 5.45. The van der Waals surface area contributed by atoms with Crippen LogP contribution in [-0.4, -0.2) is 23.1 Å². The Kier molecular flexibility index (Phi) is 4.64. The van der Waals surface area contributed by atoms with Gasteiger partial charge in [-0.05, 0) is 52.4 Å². The molecular formula is C21H14ClNO3S. The highest BCUT2D eigenvalue weighted by atomic mass is 35.5. The lowest BCUT2D eigenvalue weighted by Gasteiger charge is -2.06. The Bertz CT molecular complexity index is 1080. The average molecular weight is 396 g/mol. The molecule has 1 aliphatic rings. The summed E-state index contributed by atoms with van der Waals surface area (Å²) in [6.07, 6.45) is 2.58. The van der Waals surface area contributed by atoms with Gasteiger partial charge in [-0.15, -0.1) is 11.3 Å². The number of fused-ring (bicyclic) bond motifs is 1. The Morgan fingerprint density at radius 1 is 1.15 bits per heavy atom. The van der Waals surface area contributed by atoms with Crippen molar-refractivity contribution in [1.29, 1.82) is 0 Å². The number of hydrogen-bond acceptors (Lipinski definition) is 4. The molecule has 0 saturated carbocycles. The SMILES string of the molecule is O=C(Cc1csc(-c2ccc(Cl)cc2)c1C(=O)O)c1ccc2c(c1)CC=N2. The van der Waals surface area contributed by atoms with Gasteiger partial charge in [0.05, 0.1) is 11.3 Å². The Labute approximate surface area is 164 Å². The van der Waals surface area contributed by atoms with E-state index in [2.05, 4.69) is 4.99 Å². The maximum absolute atomic E-state index is 12.7. The molecular weight excluding hydrogens is 382 g/mol. The lowest BCUT2D eigenvalue weighted by Crippen LogP contribution is -2.08. The lowest BCUT2D eigenvalue weighted by atomic mass is 9.98. The van der Waals surface area contributed by atoms with Crippen LogP contribution in [0, 0.1) is 0 Å². The second-order valence-electron chi connectivity index (χ2n) is 6.24. The summed E-state index contributed by atoms with van der Waals surface area (Å²) in [4.78, 5) is 29.5. The van der Waals surface area contributed by atoms with E-state index in [1.165, 1.54) is 11.3 Å². The fraction of sp³-hybridized carbons (Fsp3) is 0.0952. The van der Waals surface area contributed by atoms with Crippen LogP contribution in [0.2, 0.25) is 5.02 Å². The highest BCUT2D eigenvalue weighted by Gasteiger charge is 2.22. The number of carboxylic acids is 1. The third-order valence-electron chi connectivity index (χ3n) is 4.48. The first-order chi connectivity index (χ1) is 13.0. The molecule has 27 heavy (non-hydrogen) atoms. The van der Waals surface area contributed by atoms with Crippen molar-refractivity contribution in [3.8, 4) is 10.4 Å². The summed E-state index contributed by atoms with van der Waals surface area (Å²) in [6, 6.07) is 12.4. The average Bonchev–Trinajstić information content (AvgIpc) is 3.28.